The van der Waals surface area contributed by atoms with Crippen molar-refractivity contribution in [2.24, 2.45) is 11.8 Å². The highest BCUT2D eigenvalue weighted by Crippen LogP contribution is 2.46. The number of hydrogen-bond acceptors (Lipinski definition) is 5. The van der Waals surface area contributed by atoms with Crippen molar-refractivity contribution in [3.8, 4) is 0 Å². The largest absolute Gasteiger partial charge is 0.433 e. The van der Waals surface area contributed by atoms with Gasteiger partial charge in [0.15, 0.2) is 8.32 Å². The first-order valence-corrected chi connectivity index (χ1v) is 10.8. The van der Waals surface area contributed by atoms with E-state index < -0.39 is 19.9 Å². The van der Waals surface area contributed by atoms with E-state index in [0.29, 0.717) is 5.57 Å². The van der Waals surface area contributed by atoms with Crippen molar-refractivity contribution in [1.82, 2.24) is 0 Å². The Kier molecular flexibility index (Phi) is 3.69. The Labute approximate surface area is 127 Å². The molecule has 0 bridgehead atoms. The van der Waals surface area contributed by atoms with Gasteiger partial charge in [0, 0.05) is 32.6 Å². The summed E-state index contributed by atoms with van der Waals surface area (Å²) in [5.74, 6) is -1.97. The zero-order valence-electron chi connectivity index (χ0n) is 14.2. The monoisotopic (exact) mass is 314 g/mol. The van der Waals surface area contributed by atoms with E-state index in [1.807, 2.05) is 20.8 Å². The van der Waals surface area contributed by atoms with E-state index in [1.54, 1.807) is 13.8 Å². The highest BCUT2D eigenvalue weighted by atomic mass is 28.4. The van der Waals surface area contributed by atoms with Crippen LogP contribution in [0.2, 0.25) is 19.6 Å². The van der Waals surface area contributed by atoms with Crippen LogP contribution < -0.4 is 0 Å². The van der Waals surface area contributed by atoms with Gasteiger partial charge in [-0.05, 0) is 19.6 Å². The van der Waals surface area contributed by atoms with Crippen LogP contribution in [-0.4, -0.2) is 25.9 Å². The molecular formula is C15H26O5Si. The Hall–Kier alpha value is -1.01. The van der Waals surface area contributed by atoms with Crippen LogP contribution in [0.4, 0.5) is 0 Å². The Morgan fingerprint density at radius 3 is 2.14 bits per heavy atom. The van der Waals surface area contributed by atoms with Crippen molar-refractivity contribution >= 4 is 14.3 Å². The molecule has 2 aliphatic rings. The molecule has 120 valence electrons. The third-order valence-corrected chi connectivity index (χ3v) is 4.97. The predicted molar refractivity (Wildman–Crippen MR) is 80.5 cm³/mol. The molecule has 0 aromatic rings. The SMILES string of the molecule is CC1C2=C(OC(C)(C)OC2=O)OC(C)(O[Si](C)(C)C)C1C. The third kappa shape index (κ3) is 3.11. The summed E-state index contributed by atoms with van der Waals surface area (Å²) in [6, 6.07) is 0. The first-order valence-electron chi connectivity index (χ1n) is 7.40. The standard InChI is InChI=1S/C15H26O5Si/c1-9-10(2)15(5,20-21(6,7)8)19-13-11(9)12(16)17-14(3,4)18-13/h9-10H,1-8H3. The summed E-state index contributed by atoms with van der Waals surface area (Å²) in [6.45, 7) is 15.7. The molecule has 0 amide bonds. The second-order valence-corrected chi connectivity index (χ2v) is 11.9. The number of esters is 1. The van der Waals surface area contributed by atoms with Gasteiger partial charge in [0.1, 0.15) is 5.57 Å². The zero-order valence-corrected chi connectivity index (χ0v) is 15.2. The first kappa shape index (κ1) is 16.4. The average molecular weight is 314 g/mol. The van der Waals surface area contributed by atoms with Gasteiger partial charge >= 0.3 is 5.97 Å². The van der Waals surface area contributed by atoms with Crippen LogP contribution >= 0.6 is 0 Å². The third-order valence-electron chi connectivity index (χ3n) is 3.95. The fourth-order valence-electron chi connectivity index (χ4n) is 2.81. The number of hydrogen-bond donors (Lipinski definition) is 0. The summed E-state index contributed by atoms with van der Waals surface area (Å²) in [7, 11) is -1.82. The second kappa shape index (κ2) is 4.74. The maximum Gasteiger partial charge on any atom is 0.344 e. The summed E-state index contributed by atoms with van der Waals surface area (Å²) < 4.78 is 23.3. The van der Waals surface area contributed by atoms with Crippen molar-refractivity contribution in [3.05, 3.63) is 11.5 Å². The van der Waals surface area contributed by atoms with Crippen LogP contribution in [0.3, 0.4) is 0 Å². The Morgan fingerprint density at radius 1 is 1.05 bits per heavy atom. The van der Waals surface area contributed by atoms with Gasteiger partial charge in [-0.1, -0.05) is 13.8 Å². The fraction of sp³-hybridized carbons (Fsp3) is 0.800. The fourth-order valence-corrected chi connectivity index (χ4v) is 4.25. The summed E-state index contributed by atoms with van der Waals surface area (Å²) in [5.41, 5.74) is 0.471. The number of carbonyl (C=O) groups excluding carboxylic acids is 1. The Morgan fingerprint density at radius 2 is 1.62 bits per heavy atom. The van der Waals surface area contributed by atoms with Crippen molar-refractivity contribution in [3.63, 3.8) is 0 Å². The quantitative estimate of drug-likeness (QED) is 0.578. The van der Waals surface area contributed by atoms with Gasteiger partial charge in [0.05, 0.1) is 0 Å². The van der Waals surface area contributed by atoms with Gasteiger partial charge in [0.25, 0.3) is 11.7 Å². The molecular weight excluding hydrogens is 288 g/mol. The molecule has 5 nitrogen and oxygen atoms in total. The van der Waals surface area contributed by atoms with E-state index in [2.05, 4.69) is 19.6 Å². The molecule has 0 saturated carbocycles. The molecule has 2 rings (SSSR count). The highest BCUT2D eigenvalue weighted by molar-refractivity contribution is 6.69. The van der Waals surface area contributed by atoms with Crippen LogP contribution in [0.5, 0.6) is 0 Å². The number of cyclic esters (lactones) is 1. The van der Waals surface area contributed by atoms with Crippen molar-refractivity contribution in [1.29, 1.82) is 0 Å². The number of carbonyl (C=O) groups is 1. The van der Waals surface area contributed by atoms with Crippen LogP contribution in [0.1, 0.15) is 34.6 Å². The maximum atomic E-state index is 12.2. The van der Waals surface area contributed by atoms with Crippen LogP contribution in [0, 0.1) is 11.8 Å². The topological polar surface area (TPSA) is 54.0 Å². The van der Waals surface area contributed by atoms with Crippen LogP contribution in [-0.2, 0) is 23.4 Å². The molecule has 3 unspecified atom stereocenters. The van der Waals surface area contributed by atoms with Crippen molar-refractivity contribution < 1.29 is 23.4 Å². The first-order chi connectivity index (χ1) is 9.35. The van der Waals surface area contributed by atoms with Crippen LogP contribution in [0.25, 0.3) is 0 Å². The van der Waals surface area contributed by atoms with Crippen LogP contribution in [0.15, 0.2) is 11.5 Å². The maximum absolute atomic E-state index is 12.2. The molecule has 0 aromatic carbocycles. The molecule has 0 N–H and O–H groups in total. The Balaban J connectivity index is 2.40. The van der Waals surface area contributed by atoms with Gasteiger partial charge in [-0.15, -0.1) is 0 Å². The zero-order chi connectivity index (χ0) is 16.2. The Bertz CT molecular complexity index is 491. The molecule has 0 aromatic heterocycles. The summed E-state index contributed by atoms with van der Waals surface area (Å²) in [4.78, 5) is 12.2. The van der Waals surface area contributed by atoms with Crippen molar-refractivity contribution in [2.45, 2.75) is 65.8 Å². The molecule has 0 spiro atoms. The summed E-state index contributed by atoms with van der Waals surface area (Å²) >= 11 is 0. The van der Waals surface area contributed by atoms with Gasteiger partial charge in [-0.2, -0.15) is 0 Å². The van der Waals surface area contributed by atoms with Crippen molar-refractivity contribution in [2.75, 3.05) is 0 Å². The lowest BCUT2D eigenvalue weighted by molar-refractivity contribution is -0.285. The molecule has 0 saturated heterocycles. The van der Waals surface area contributed by atoms with E-state index in [9.17, 15) is 4.79 Å². The lowest BCUT2D eigenvalue weighted by Gasteiger charge is -2.48. The minimum Gasteiger partial charge on any atom is -0.433 e. The molecule has 2 heterocycles. The van der Waals surface area contributed by atoms with E-state index >= 15 is 0 Å². The second-order valence-electron chi connectivity index (χ2n) is 7.50. The highest BCUT2D eigenvalue weighted by Gasteiger charge is 2.53. The molecule has 21 heavy (non-hydrogen) atoms. The lowest BCUT2D eigenvalue weighted by Crippen LogP contribution is -2.54. The van der Waals surface area contributed by atoms with E-state index in [-0.39, 0.29) is 23.8 Å². The molecule has 0 aliphatic carbocycles. The predicted octanol–water partition coefficient (Wildman–Crippen LogP) is 3.38. The van der Waals surface area contributed by atoms with Gasteiger partial charge < -0.3 is 18.6 Å². The van der Waals surface area contributed by atoms with E-state index in [0.717, 1.165) is 0 Å². The smallest absolute Gasteiger partial charge is 0.344 e. The minimum atomic E-state index is -1.82. The molecule has 0 radical (unpaired) electrons. The normalized spacial score (nSPS) is 35.5. The number of ether oxygens (including phenoxy) is 3. The molecule has 0 fully saturated rings. The molecule has 2 aliphatic heterocycles. The summed E-state index contributed by atoms with van der Waals surface area (Å²) in [6.07, 6.45) is 0. The summed E-state index contributed by atoms with van der Waals surface area (Å²) in [5, 5.41) is 0. The van der Waals surface area contributed by atoms with E-state index in [1.165, 1.54) is 0 Å². The van der Waals surface area contributed by atoms with Gasteiger partial charge in [-0.25, -0.2) is 4.79 Å². The van der Waals surface area contributed by atoms with Gasteiger partial charge in [-0.3, -0.25) is 0 Å². The lowest BCUT2D eigenvalue weighted by atomic mass is 9.81. The average Bonchev–Trinajstić information content (AvgIpc) is 2.20. The number of rotatable bonds is 2. The van der Waals surface area contributed by atoms with Gasteiger partial charge in [0.2, 0.25) is 5.79 Å². The molecule has 3 atom stereocenters. The molecule has 6 heteroatoms. The minimum absolute atomic E-state index is 0.0142. The van der Waals surface area contributed by atoms with E-state index in [4.69, 9.17) is 18.6 Å².